The molecule has 1 fully saturated rings. The zero-order chi connectivity index (χ0) is 30.0. The van der Waals surface area contributed by atoms with Crippen LogP contribution in [0.1, 0.15) is 60.1 Å². The standard InChI is InChI=1S/C32H35N3O6S/c1-32(2,3)41-31(39)34-17-11-10-14-21(34)18-33-29(37)28-26(40-4)25-27(42-28)22-15-8-9-16-23(22)35(30(25)38)19-24(36)20-12-6-5-7-13-20/h5-9,12-13,15-16,21H,10-11,14,17-19H2,1-4H3,(H,33,37). The minimum Gasteiger partial charge on any atom is -0.494 e. The number of likely N-dealkylation sites (tertiary alicyclic amines) is 1. The van der Waals surface area contributed by atoms with E-state index in [4.69, 9.17) is 9.47 Å². The lowest BCUT2D eigenvalue weighted by Crippen LogP contribution is -2.50. The Kier molecular flexibility index (Phi) is 8.36. The van der Waals surface area contributed by atoms with Gasteiger partial charge in [0.1, 0.15) is 15.9 Å². The molecule has 1 N–H and O–H groups in total. The van der Waals surface area contributed by atoms with E-state index in [1.54, 1.807) is 35.2 Å². The highest BCUT2D eigenvalue weighted by Crippen LogP contribution is 2.39. The first-order valence-electron chi connectivity index (χ1n) is 14.1. The molecular formula is C32H35N3O6S. The van der Waals surface area contributed by atoms with Crippen molar-refractivity contribution < 1.29 is 23.9 Å². The second-order valence-electron chi connectivity index (χ2n) is 11.4. The molecule has 1 saturated heterocycles. The molecule has 0 radical (unpaired) electrons. The Balaban J connectivity index is 1.47. The number of aromatic nitrogens is 1. The van der Waals surface area contributed by atoms with Gasteiger partial charge in [-0.2, -0.15) is 0 Å². The normalized spacial score (nSPS) is 15.5. The molecule has 1 unspecified atom stereocenters. The number of ketones is 1. The number of hydrogen-bond donors (Lipinski definition) is 1. The van der Waals surface area contributed by atoms with Gasteiger partial charge in [0.25, 0.3) is 11.5 Å². The van der Waals surface area contributed by atoms with E-state index in [0.29, 0.717) is 22.3 Å². The third-order valence-corrected chi connectivity index (χ3v) is 8.53. The highest BCUT2D eigenvalue weighted by Gasteiger charge is 2.32. The number of ether oxygens (including phenoxy) is 2. The van der Waals surface area contributed by atoms with Crippen molar-refractivity contribution >= 4 is 50.1 Å². The summed E-state index contributed by atoms with van der Waals surface area (Å²) in [5, 5.41) is 3.98. The summed E-state index contributed by atoms with van der Waals surface area (Å²) in [5.41, 5.74) is 0.0941. The van der Waals surface area contributed by atoms with E-state index < -0.39 is 23.2 Å². The van der Waals surface area contributed by atoms with Gasteiger partial charge in [0.15, 0.2) is 11.5 Å². The van der Waals surface area contributed by atoms with Crippen LogP contribution in [0, 0.1) is 0 Å². The average molecular weight is 590 g/mol. The number of Topliss-reactive ketones (excluding diaryl/α,β-unsaturated/α-hetero) is 1. The van der Waals surface area contributed by atoms with E-state index in [1.807, 2.05) is 45.0 Å². The van der Waals surface area contributed by atoms with Gasteiger partial charge in [-0.25, -0.2) is 4.79 Å². The third kappa shape index (κ3) is 5.90. The Bertz CT molecular complexity index is 1700. The van der Waals surface area contributed by atoms with Crippen LogP contribution in [0.5, 0.6) is 5.75 Å². The molecule has 1 aliphatic heterocycles. The number of piperidine rings is 1. The summed E-state index contributed by atoms with van der Waals surface area (Å²) in [6.45, 7) is 6.14. The number of carbonyl (C=O) groups excluding carboxylic acids is 3. The molecule has 5 rings (SSSR count). The second-order valence-corrected chi connectivity index (χ2v) is 12.4. The number of hydrogen-bond acceptors (Lipinski definition) is 7. The first-order valence-corrected chi connectivity index (χ1v) is 14.9. The number of rotatable bonds is 7. The van der Waals surface area contributed by atoms with Gasteiger partial charge in [-0.15, -0.1) is 11.3 Å². The molecule has 4 aromatic rings. The SMILES string of the molecule is COc1c(C(=O)NCC2CCCCN2C(=O)OC(C)(C)C)sc2c1c(=O)n(CC(=O)c1ccccc1)c1ccccc21. The maximum Gasteiger partial charge on any atom is 0.410 e. The van der Waals surface area contributed by atoms with Crippen molar-refractivity contribution in [3.8, 4) is 5.75 Å². The Labute approximate surface area is 248 Å². The van der Waals surface area contributed by atoms with Gasteiger partial charge < -0.3 is 19.7 Å². The minimum atomic E-state index is -0.617. The lowest BCUT2D eigenvalue weighted by atomic mass is 10.0. The van der Waals surface area contributed by atoms with Crippen molar-refractivity contribution in [3.63, 3.8) is 0 Å². The smallest absolute Gasteiger partial charge is 0.410 e. The number of benzene rings is 2. The number of fused-ring (bicyclic) bond motifs is 3. The molecular weight excluding hydrogens is 554 g/mol. The van der Waals surface area contributed by atoms with E-state index in [0.717, 1.165) is 24.6 Å². The largest absolute Gasteiger partial charge is 0.494 e. The van der Waals surface area contributed by atoms with Crippen LogP contribution in [0.15, 0.2) is 59.4 Å². The highest BCUT2D eigenvalue weighted by molar-refractivity contribution is 7.22. The van der Waals surface area contributed by atoms with Crippen molar-refractivity contribution in [2.24, 2.45) is 0 Å². The minimum absolute atomic E-state index is 0.151. The summed E-state index contributed by atoms with van der Waals surface area (Å²) < 4.78 is 13.3. The number of amides is 2. The first-order chi connectivity index (χ1) is 20.1. The maximum absolute atomic E-state index is 13.9. The lowest BCUT2D eigenvalue weighted by Gasteiger charge is -2.36. The molecule has 2 amide bonds. The molecule has 0 spiro atoms. The molecule has 2 aromatic heterocycles. The summed E-state index contributed by atoms with van der Waals surface area (Å²) in [7, 11) is 1.43. The number of carbonyl (C=O) groups is 3. The van der Waals surface area contributed by atoms with Crippen LogP contribution in [0.25, 0.3) is 21.0 Å². The number of pyridine rings is 1. The molecule has 0 bridgehead atoms. The molecule has 2 aromatic carbocycles. The topological polar surface area (TPSA) is 107 Å². The quantitative estimate of drug-likeness (QED) is 0.280. The van der Waals surface area contributed by atoms with Crippen LogP contribution in [0.2, 0.25) is 0 Å². The molecule has 3 heterocycles. The summed E-state index contributed by atoms with van der Waals surface area (Å²) in [6.07, 6.45) is 2.17. The van der Waals surface area contributed by atoms with E-state index >= 15 is 0 Å². The zero-order valence-corrected chi connectivity index (χ0v) is 25.1. The fourth-order valence-corrected chi connectivity index (χ4v) is 6.58. The van der Waals surface area contributed by atoms with Crippen molar-refractivity contribution in [1.82, 2.24) is 14.8 Å². The van der Waals surface area contributed by atoms with E-state index in [9.17, 15) is 19.2 Å². The van der Waals surface area contributed by atoms with Crippen molar-refractivity contribution in [2.45, 2.75) is 58.2 Å². The Morgan fingerprint density at radius 2 is 1.74 bits per heavy atom. The van der Waals surface area contributed by atoms with Gasteiger partial charge in [-0.1, -0.05) is 48.5 Å². The molecule has 0 aliphatic carbocycles. The van der Waals surface area contributed by atoms with Crippen LogP contribution in [0.4, 0.5) is 4.79 Å². The van der Waals surface area contributed by atoms with Gasteiger partial charge in [0, 0.05) is 24.0 Å². The summed E-state index contributed by atoms with van der Waals surface area (Å²) in [5.74, 6) is -0.411. The Morgan fingerprint density at radius 1 is 1.02 bits per heavy atom. The number of nitrogens with one attached hydrogen (secondary N) is 1. The number of para-hydroxylation sites is 1. The summed E-state index contributed by atoms with van der Waals surface area (Å²) in [4.78, 5) is 55.4. The van der Waals surface area contributed by atoms with Gasteiger partial charge >= 0.3 is 6.09 Å². The van der Waals surface area contributed by atoms with Crippen molar-refractivity contribution in [3.05, 3.63) is 75.4 Å². The van der Waals surface area contributed by atoms with E-state index in [-0.39, 0.29) is 40.9 Å². The molecule has 1 aliphatic rings. The average Bonchev–Trinajstić information content (AvgIpc) is 3.38. The highest BCUT2D eigenvalue weighted by atomic mass is 32.1. The van der Waals surface area contributed by atoms with Crippen LogP contribution in [-0.4, -0.2) is 59.1 Å². The predicted octanol–water partition coefficient (Wildman–Crippen LogP) is 5.63. The first kappa shape index (κ1) is 29.3. The van der Waals surface area contributed by atoms with Gasteiger partial charge in [-0.3, -0.25) is 19.0 Å². The number of nitrogens with zero attached hydrogens (tertiary/aromatic N) is 2. The predicted molar refractivity (Wildman–Crippen MR) is 164 cm³/mol. The van der Waals surface area contributed by atoms with Gasteiger partial charge in [-0.05, 0) is 46.1 Å². The Hall–Kier alpha value is -4.18. The summed E-state index contributed by atoms with van der Waals surface area (Å²) >= 11 is 1.19. The fourth-order valence-electron chi connectivity index (χ4n) is 5.37. The molecule has 9 nitrogen and oxygen atoms in total. The van der Waals surface area contributed by atoms with Crippen molar-refractivity contribution in [2.75, 3.05) is 20.2 Å². The molecule has 10 heteroatoms. The van der Waals surface area contributed by atoms with Gasteiger partial charge in [0.2, 0.25) is 0 Å². The lowest BCUT2D eigenvalue weighted by molar-refractivity contribution is 0.00985. The zero-order valence-electron chi connectivity index (χ0n) is 24.3. The van der Waals surface area contributed by atoms with Crippen LogP contribution in [-0.2, 0) is 11.3 Å². The van der Waals surface area contributed by atoms with E-state index in [1.165, 1.54) is 23.0 Å². The van der Waals surface area contributed by atoms with Crippen LogP contribution >= 0.6 is 11.3 Å². The number of thiophene rings is 1. The number of methoxy groups -OCH3 is 1. The van der Waals surface area contributed by atoms with E-state index in [2.05, 4.69) is 5.32 Å². The molecule has 1 atom stereocenters. The fraction of sp³-hybridized carbons (Fsp3) is 0.375. The van der Waals surface area contributed by atoms with Gasteiger partial charge in [0.05, 0.1) is 29.9 Å². The molecule has 0 saturated carbocycles. The second kappa shape index (κ2) is 12.0. The maximum atomic E-state index is 13.9. The molecule has 42 heavy (non-hydrogen) atoms. The monoisotopic (exact) mass is 589 g/mol. The van der Waals surface area contributed by atoms with Crippen LogP contribution in [0.3, 0.4) is 0 Å². The Morgan fingerprint density at radius 3 is 2.45 bits per heavy atom. The van der Waals surface area contributed by atoms with Crippen LogP contribution < -0.4 is 15.6 Å². The molecule has 220 valence electrons. The summed E-state index contributed by atoms with van der Waals surface area (Å²) in [6, 6.07) is 16.0. The third-order valence-electron chi connectivity index (χ3n) is 7.32. The van der Waals surface area contributed by atoms with Crippen molar-refractivity contribution in [1.29, 1.82) is 0 Å².